The first kappa shape index (κ1) is 9.60. The Hall–Kier alpha value is -1.61. The van der Waals surface area contributed by atoms with Crippen LogP contribution < -0.4 is 0 Å². The molecule has 0 bridgehead atoms. The average Bonchev–Trinajstić information content (AvgIpc) is 2.72. The second kappa shape index (κ2) is 3.76. The lowest BCUT2D eigenvalue weighted by atomic mass is 10.0. The van der Waals surface area contributed by atoms with Crippen molar-refractivity contribution in [2.24, 2.45) is 0 Å². The van der Waals surface area contributed by atoms with E-state index >= 15 is 0 Å². The van der Waals surface area contributed by atoms with Gasteiger partial charge in [-0.3, -0.25) is 4.98 Å². The fourth-order valence-electron chi connectivity index (χ4n) is 2.32. The summed E-state index contributed by atoms with van der Waals surface area (Å²) in [4.78, 5) is 9.85. The smallest absolute Gasteiger partial charge is 0.0491 e. The molecule has 0 spiro atoms. The number of H-pyrrole nitrogens is 1. The van der Waals surface area contributed by atoms with Crippen molar-refractivity contribution in [3.63, 3.8) is 0 Å². The molecule has 1 aliphatic heterocycles. The van der Waals surface area contributed by atoms with E-state index in [9.17, 15) is 0 Å². The molecule has 0 unspecified atom stereocenters. The van der Waals surface area contributed by atoms with Crippen LogP contribution in [0, 0.1) is 0 Å². The zero-order chi connectivity index (χ0) is 11.0. The van der Waals surface area contributed by atoms with E-state index < -0.39 is 0 Å². The second-order valence-electron chi connectivity index (χ2n) is 4.38. The Kier molecular flexibility index (Phi) is 2.26. The first-order valence-corrected chi connectivity index (χ1v) is 5.63. The maximum absolute atomic E-state index is 4.20. The van der Waals surface area contributed by atoms with Crippen molar-refractivity contribution in [2.45, 2.75) is 6.42 Å². The van der Waals surface area contributed by atoms with E-state index in [0.29, 0.717) is 0 Å². The van der Waals surface area contributed by atoms with Crippen LogP contribution in [0.25, 0.3) is 16.5 Å². The van der Waals surface area contributed by atoms with Crippen LogP contribution in [0.2, 0.25) is 0 Å². The molecule has 82 valence electrons. The summed E-state index contributed by atoms with van der Waals surface area (Å²) in [7, 11) is 2.17. The monoisotopic (exact) mass is 213 g/mol. The molecule has 3 nitrogen and oxygen atoms in total. The van der Waals surface area contributed by atoms with Crippen molar-refractivity contribution in [2.75, 3.05) is 20.1 Å². The van der Waals surface area contributed by atoms with Gasteiger partial charge in [0, 0.05) is 48.1 Å². The quantitative estimate of drug-likeness (QED) is 0.788. The van der Waals surface area contributed by atoms with Gasteiger partial charge in [0.1, 0.15) is 0 Å². The van der Waals surface area contributed by atoms with Gasteiger partial charge >= 0.3 is 0 Å². The van der Waals surface area contributed by atoms with Gasteiger partial charge in [0.05, 0.1) is 0 Å². The summed E-state index contributed by atoms with van der Waals surface area (Å²) in [5.74, 6) is 0. The summed E-state index contributed by atoms with van der Waals surface area (Å²) in [6, 6.07) is 2.02. The van der Waals surface area contributed by atoms with Gasteiger partial charge in [-0.2, -0.15) is 0 Å². The summed E-state index contributed by atoms with van der Waals surface area (Å²) in [6.45, 7) is 2.19. The summed E-state index contributed by atoms with van der Waals surface area (Å²) < 4.78 is 0. The molecule has 0 radical (unpaired) electrons. The molecule has 0 saturated heterocycles. The minimum atomic E-state index is 1.03. The van der Waals surface area contributed by atoms with Crippen molar-refractivity contribution in [3.05, 3.63) is 36.3 Å². The SMILES string of the molecule is CN1CCC=C(c2c[nH]c3ccncc23)C1. The summed E-state index contributed by atoms with van der Waals surface area (Å²) in [6.07, 6.45) is 9.34. The van der Waals surface area contributed by atoms with Crippen molar-refractivity contribution in [3.8, 4) is 0 Å². The third-order valence-electron chi connectivity index (χ3n) is 3.17. The van der Waals surface area contributed by atoms with Crippen molar-refractivity contribution >= 4 is 16.5 Å². The van der Waals surface area contributed by atoms with Crippen LogP contribution >= 0.6 is 0 Å². The van der Waals surface area contributed by atoms with E-state index in [-0.39, 0.29) is 0 Å². The van der Waals surface area contributed by atoms with Gasteiger partial charge in [0.2, 0.25) is 0 Å². The molecular weight excluding hydrogens is 198 g/mol. The number of hydrogen-bond acceptors (Lipinski definition) is 2. The molecule has 1 aliphatic rings. The lowest BCUT2D eigenvalue weighted by molar-refractivity contribution is 0.373. The van der Waals surface area contributed by atoms with E-state index in [1.807, 2.05) is 18.5 Å². The van der Waals surface area contributed by atoms with Gasteiger partial charge in [-0.25, -0.2) is 0 Å². The van der Waals surface area contributed by atoms with Crippen molar-refractivity contribution in [1.82, 2.24) is 14.9 Å². The zero-order valence-corrected chi connectivity index (χ0v) is 9.40. The van der Waals surface area contributed by atoms with Crippen LogP contribution in [-0.2, 0) is 0 Å². The Morgan fingerprint density at radius 1 is 1.44 bits per heavy atom. The van der Waals surface area contributed by atoms with Crippen LogP contribution in [0.5, 0.6) is 0 Å². The average molecular weight is 213 g/mol. The Bertz CT molecular complexity index is 539. The van der Waals surface area contributed by atoms with Gasteiger partial charge < -0.3 is 9.88 Å². The number of hydrogen-bond donors (Lipinski definition) is 1. The molecule has 3 heteroatoms. The fraction of sp³-hybridized carbons (Fsp3) is 0.308. The van der Waals surface area contributed by atoms with Crippen molar-refractivity contribution < 1.29 is 0 Å². The second-order valence-corrected chi connectivity index (χ2v) is 4.38. The summed E-state index contributed by atoms with van der Waals surface area (Å²) >= 11 is 0. The van der Waals surface area contributed by atoms with E-state index in [0.717, 1.165) is 19.5 Å². The predicted octanol–water partition coefficient (Wildman–Crippen LogP) is 2.28. The molecule has 2 aromatic rings. The molecule has 16 heavy (non-hydrogen) atoms. The molecule has 2 aromatic heterocycles. The minimum Gasteiger partial charge on any atom is -0.360 e. The standard InChI is InChI=1S/C13H15N3/c1-16-6-2-3-10(9-16)11-8-15-13-4-5-14-7-12(11)13/h3-5,7-8,15H,2,6,9H2,1H3. The van der Waals surface area contributed by atoms with Gasteiger partial charge in [-0.1, -0.05) is 6.08 Å². The highest BCUT2D eigenvalue weighted by atomic mass is 15.1. The van der Waals surface area contributed by atoms with E-state index in [1.54, 1.807) is 0 Å². The first-order chi connectivity index (χ1) is 7.84. The normalized spacial score (nSPS) is 17.7. The molecular formula is C13H15N3. The number of nitrogens with one attached hydrogen (secondary N) is 1. The van der Waals surface area contributed by atoms with Gasteiger partial charge in [-0.15, -0.1) is 0 Å². The Balaban J connectivity index is 2.09. The largest absolute Gasteiger partial charge is 0.360 e. The highest BCUT2D eigenvalue weighted by molar-refractivity contribution is 5.92. The zero-order valence-electron chi connectivity index (χ0n) is 9.40. The molecule has 0 atom stereocenters. The predicted molar refractivity (Wildman–Crippen MR) is 66.2 cm³/mol. The number of rotatable bonds is 1. The van der Waals surface area contributed by atoms with Gasteiger partial charge in [0.25, 0.3) is 0 Å². The number of pyridine rings is 1. The third-order valence-corrected chi connectivity index (χ3v) is 3.17. The minimum absolute atomic E-state index is 1.03. The Morgan fingerprint density at radius 2 is 2.38 bits per heavy atom. The number of likely N-dealkylation sites (N-methyl/N-ethyl adjacent to an activating group) is 1. The maximum atomic E-state index is 4.20. The number of aromatic nitrogens is 2. The maximum Gasteiger partial charge on any atom is 0.0491 e. The third kappa shape index (κ3) is 1.53. The highest BCUT2D eigenvalue weighted by Crippen LogP contribution is 2.26. The summed E-state index contributed by atoms with van der Waals surface area (Å²) in [5.41, 5.74) is 3.88. The van der Waals surface area contributed by atoms with Crippen LogP contribution in [0.1, 0.15) is 12.0 Å². The number of nitrogens with zero attached hydrogens (tertiary/aromatic N) is 2. The molecule has 3 rings (SSSR count). The Morgan fingerprint density at radius 3 is 3.25 bits per heavy atom. The molecule has 3 heterocycles. The highest BCUT2D eigenvalue weighted by Gasteiger charge is 2.13. The molecule has 1 N–H and O–H groups in total. The van der Waals surface area contributed by atoms with Crippen LogP contribution in [0.15, 0.2) is 30.7 Å². The lowest BCUT2D eigenvalue weighted by Crippen LogP contribution is -2.24. The van der Waals surface area contributed by atoms with Crippen LogP contribution in [0.3, 0.4) is 0 Å². The fourth-order valence-corrected chi connectivity index (χ4v) is 2.32. The topological polar surface area (TPSA) is 31.9 Å². The van der Waals surface area contributed by atoms with Gasteiger partial charge in [0.15, 0.2) is 0 Å². The molecule has 0 aromatic carbocycles. The van der Waals surface area contributed by atoms with Gasteiger partial charge in [-0.05, 0) is 25.1 Å². The van der Waals surface area contributed by atoms with Crippen LogP contribution in [-0.4, -0.2) is 35.0 Å². The lowest BCUT2D eigenvalue weighted by Gasteiger charge is -2.22. The molecule has 0 fully saturated rings. The number of fused-ring (bicyclic) bond motifs is 1. The Labute approximate surface area is 94.8 Å². The summed E-state index contributed by atoms with van der Waals surface area (Å²) in [5, 5.41) is 1.23. The molecule has 0 aliphatic carbocycles. The number of aromatic amines is 1. The van der Waals surface area contributed by atoms with Crippen molar-refractivity contribution in [1.29, 1.82) is 0 Å². The first-order valence-electron chi connectivity index (χ1n) is 5.63. The molecule has 0 amide bonds. The van der Waals surface area contributed by atoms with Crippen LogP contribution in [0.4, 0.5) is 0 Å². The van der Waals surface area contributed by atoms with E-state index in [2.05, 4.69) is 34.2 Å². The molecule has 0 saturated carbocycles. The van der Waals surface area contributed by atoms with E-state index in [4.69, 9.17) is 0 Å². The van der Waals surface area contributed by atoms with E-state index in [1.165, 1.54) is 22.0 Å².